The summed E-state index contributed by atoms with van der Waals surface area (Å²) in [5.41, 5.74) is 2.69. The molecule has 0 aliphatic heterocycles. The van der Waals surface area contributed by atoms with Crippen molar-refractivity contribution < 1.29 is 19.1 Å². The van der Waals surface area contributed by atoms with Crippen LogP contribution in [0.15, 0.2) is 12.1 Å². The third kappa shape index (κ3) is 3.50. The molecule has 0 amide bonds. The first-order valence-corrected chi connectivity index (χ1v) is 7.54. The van der Waals surface area contributed by atoms with Crippen molar-refractivity contribution in [2.45, 2.75) is 32.6 Å². The number of hydrogen-bond donors (Lipinski definition) is 0. The highest BCUT2D eigenvalue weighted by atomic mass is 127. The summed E-state index contributed by atoms with van der Waals surface area (Å²) in [6.07, 6.45) is 1.48. The molecule has 1 aromatic rings. The van der Waals surface area contributed by atoms with E-state index < -0.39 is 17.9 Å². The normalized spacial score (nSPS) is 10.5. The Labute approximate surface area is 133 Å². The fourth-order valence-electron chi connectivity index (χ4n) is 2.26. The molecule has 110 valence electrons. The molecule has 0 N–H and O–H groups in total. The van der Waals surface area contributed by atoms with Gasteiger partial charge in [0, 0.05) is 3.57 Å². The number of benzene rings is 1. The van der Waals surface area contributed by atoms with Crippen LogP contribution >= 0.6 is 22.6 Å². The summed E-state index contributed by atoms with van der Waals surface area (Å²) in [4.78, 5) is 24.0. The van der Waals surface area contributed by atoms with Gasteiger partial charge in [0.15, 0.2) is 5.92 Å². The van der Waals surface area contributed by atoms with Crippen LogP contribution in [0, 0.1) is 3.57 Å². The summed E-state index contributed by atoms with van der Waals surface area (Å²) in [5, 5.41) is 0. The van der Waals surface area contributed by atoms with Gasteiger partial charge in [-0.05, 0) is 64.3 Å². The number of hydrogen-bond acceptors (Lipinski definition) is 4. The number of halogens is 1. The first-order chi connectivity index (χ1) is 9.49. The van der Waals surface area contributed by atoms with Crippen LogP contribution in [-0.4, -0.2) is 26.2 Å². The van der Waals surface area contributed by atoms with Crippen LogP contribution in [0.4, 0.5) is 0 Å². The standard InChI is InChI=1S/C15H19IO4/c1-5-9-7-11(16)8-10(6-2)12(9)13(14(17)19-3)15(18)20-4/h7-8,13H,5-6H2,1-4H3. The highest BCUT2D eigenvalue weighted by Gasteiger charge is 2.34. The number of rotatable bonds is 5. The molecule has 4 nitrogen and oxygen atoms in total. The maximum atomic E-state index is 12.0. The minimum absolute atomic E-state index is 0.581. The van der Waals surface area contributed by atoms with Gasteiger partial charge in [-0.2, -0.15) is 0 Å². The zero-order valence-electron chi connectivity index (χ0n) is 12.2. The van der Waals surface area contributed by atoms with Gasteiger partial charge >= 0.3 is 11.9 Å². The summed E-state index contributed by atoms with van der Waals surface area (Å²) >= 11 is 2.24. The van der Waals surface area contributed by atoms with E-state index in [9.17, 15) is 9.59 Å². The predicted octanol–water partition coefficient (Wildman–Crippen LogP) is 2.85. The molecule has 0 unspecified atom stereocenters. The number of ether oxygens (including phenoxy) is 2. The molecule has 0 spiro atoms. The summed E-state index contributed by atoms with van der Waals surface area (Å²) in [6, 6.07) is 3.99. The topological polar surface area (TPSA) is 52.6 Å². The third-order valence-electron chi connectivity index (χ3n) is 3.24. The lowest BCUT2D eigenvalue weighted by Crippen LogP contribution is -2.26. The molecule has 20 heavy (non-hydrogen) atoms. The van der Waals surface area contributed by atoms with Crippen LogP contribution in [0.3, 0.4) is 0 Å². The Morgan fingerprint density at radius 3 is 1.75 bits per heavy atom. The highest BCUT2D eigenvalue weighted by Crippen LogP contribution is 2.30. The zero-order valence-corrected chi connectivity index (χ0v) is 14.3. The van der Waals surface area contributed by atoms with Gasteiger partial charge in [-0.15, -0.1) is 0 Å². The molecular weight excluding hydrogens is 371 g/mol. The first kappa shape index (κ1) is 16.9. The monoisotopic (exact) mass is 390 g/mol. The average molecular weight is 390 g/mol. The molecule has 0 aliphatic rings. The molecule has 1 rings (SSSR count). The zero-order chi connectivity index (χ0) is 15.3. The smallest absolute Gasteiger partial charge is 0.324 e. The number of aryl methyl sites for hydroxylation is 2. The van der Waals surface area contributed by atoms with E-state index in [4.69, 9.17) is 9.47 Å². The second-order valence-electron chi connectivity index (χ2n) is 4.32. The molecule has 0 aliphatic carbocycles. The van der Waals surface area contributed by atoms with Crippen LogP contribution in [0.5, 0.6) is 0 Å². The van der Waals surface area contributed by atoms with Crippen molar-refractivity contribution >= 4 is 34.5 Å². The maximum Gasteiger partial charge on any atom is 0.324 e. The van der Waals surface area contributed by atoms with Crippen molar-refractivity contribution in [3.8, 4) is 0 Å². The van der Waals surface area contributed by atoms with Crippen molar-refractivity contribution in [1.82, 2.24) is 0 Å². The minimum Gasteiger partial charge on any atom is -0.468 e. The van der Waals surface area contributed by atoms with Gasteiger partial charge in [0.1, 0.15) is 0 Å². The summed E-state index contributed by atoms with van der Waals surface area (Å²) < 4.78 is 10.6. The Morgan fingerprint density at radius 1 is 1.05 bits per heavy atom. The molecule has 0 bridgehead atoms. The quantitative estimate of drug-likeness (QED) is 0.441. The van der Waals surface area contributed by atoms with Crippen molar-refractivity contribution in [3.63, 3.8) is 0 Å². The molecule has 0 atom stereocenters. The van der Waals surface area contributed by atoms with Gasteiger partial charge in [0.05, 0.1) is 14.2 Å². The highest BCUT2D eigenvalue weighted by molar-refractivity contribution is 14.1. The largest absolute Gasteiger partial charge is 0.468 e. The van der Waals surface area contributed by atoms with E-state index in [0.29, 0.717) is 0 Å². The second kappa shape index (κ2) is 7.61. The van der Waals surface area contributed by atoms with E-state index in [0.717, 1.165) is 33.1 Å². The summed E-state index contributed by atoms with van der Waals surface area (Å²) in [5.74, 6) is -2.17. The van der Waals surface area contributed by atoms with Crippen molar-refractivity contribution in [2.24, 2.45) is 0 Å². The molecular formula is C15H19IO4. The Bertz CT molecular complexity index is 470. The van der Waals surface area contributed by atoms with E-state index in [-0.39, 0.29) is 0 Å². The van der Waals surface area contributed by atoms with E-state index >= 15 is 0 Å². The predicted molar refractivity (Wildman–Crippen MR) is 84.7 cm³/mol. The van der Waals surface area contributed by atoms with E-state index in [1.54, 1.807) is 0 Å². The molecule has 0 radical (unpaired) electrons. The molecule has 0 saturated carbocycles. The number of methoxy groups -OCH3 is 2. The summed E-state index contributed by atoms with van der Waals surface area (Å²) in [6.45, 7) is 4.00. The molecule has 1 aromatic carbocycles. The van der Waals surface area contributed by atoms with Gasteiger partial charge in [0.25, 0.3) is 0 Å². The molecule has 0 aromatic heterocycles. The lowest BCUT2D eigenvalue weighted by molar-refractivity contribution is -0.154. The molecule has 0 saturated heterocycles. The van der Waals surface area contributed by atoms with Gasteiger partial charge in [-0.1, -0.05) is 13.8 Å². The van der Waals surface area contributed by atoms with Crippen LogP contribution < -0.4 is 0 Å². The van der Waals surface area contributed by atoms with Crippen molar-refractivity contribution in [3.05, 3.63) is 32.4 Å². The van der Waals surface area contributed by atoms with Gasteiger partial charge in [0.2, 0.25) is 0 Å². The van der Waals surface area contributed by atoms with Crippen LogP contribution in [0.2, 0.25) is 0 Å². The van der Waals surface area contributed by atoms with Crippen molar-refractivity contribution in [1.29, 1.82) is 0 Å². The Balaban J connectivity index is 3.53. The lowest BCUT2D eigenvalue weighted by Gasteiger charge is -2.20. The minimum atomic E-state index is -1.01. The fraction of sp³-hybridized carbons (Fsp3) is 0.467. The third-order valence-corrected chi connectivity index (χ3v) is 3.86. The summed E-state index contributed by atoms with van der Waals surface area (Å²) in [7, 11) is 2.56. The Kier molecular flexibility index (Phi) is 6.45. The average Bonchev–Trinajstić information content (AvgIpc) is 2.47. The first-order valence-electron chi connectivity index (χ1n) is 6.46. The number of carbonyl (C=O) groups is 2. The lowest BCUT2D eigenvalue weighted by atomic mass is 9.87. The van der Waals surface area contributed by atoms with Crippen LogP contribution in [0.1, 0.15) is 36.5 Å². The second-order valence-corrected chi connectivity index (χ2v) is 5.57. The Hall–Kier alpha value is -1.11. The van der Waals surface area contributed by atoms with Crippen LogP contribution in [-0.2, 0) is 31.9 Å². The van der Waals surface area contributed by atoms with E-state index in [2.05, 4.69) is 22.6 Å². The maximum absolute atomic E-state index is 12.0. The van der Waals surface area contributed by atoms with Gasteiger partial charge in [-0.25, -0.2) is 0 Å². The van der Waals surface area contributed by atoms with Gasteiger partial charge in [-0.3, -0.25) is 9.59 Å². The van der Waals surface area contributed by atoms with Gasteiger partial charge < -0.3 is 9.47 Å². The molecule has 0 fully saturated rings. The number of carbonyl (C=O) groups excluding carboxylic acids is 2. The van der Waals surface area contributed by atoms with Crippen molar-refractivity contribution in [2.75, 3.05) is 14.2 Å². The van der Waals surface area contributed by atoms with Crippen LogP contribution in [0.25, 0.3) is 0 Å². The number of esters is 2. The molecule has 0 heterocycles. The SMILES string of the molecule is CCc1cc(I)cc(CC)c1C(C(=O)OC)C(=O)OC. The Morgan fingerprint density at radius 2 is 1.45 bits per heavy atom. The molecule has 5 heteroatoms. The van der Waals surface area contributed by atoms with E-state index in [1.807, 2.05) is 26.0 Å². The fourth-order valence-corrected chi connectivity index (χ4v) is 3.01. The van der Waals surface area contributed by atoms with E-state index in [1.165, 1.54) is 14.2 Å².